The van der Waals surface area contributed by atoms with Gasteiger partial charge in [0.05, 0.1) is 10.6 Å². The Morgan fingerprint density at radius 2 is 1.71 bits per heavy atom. The summed E-state index contributed by atoms with van der Waals surface area (Å²) in [5.74, 6) is -1.46. The molecule has 8 heteroatoms. The second-order valence-corrected chi connectivity index (χ2v) is 8.36. The smallest absolute Gasteiger partial charge is 0.273 e. The Bertz CT molecular complexity index is 1090. The molecule has 1 saturated heterocycles. The summed E-state index contributed by atoms with van der Waals surface area (Å²) in [5.41, 5.74) is 0.915. The topological polar surface area (TPSA) is 62.3 Å². The van der Waals surface area contributed by atoms with E-state index in [1.807, 2.05) is 0 Å². The summed E-state index contributed by atoms with van der Waals surface area (Å²) in [7, 11) is 0. The first-order chi connectivity index (χ1) is 15.0. The van der Waals surface area contributed by atoms with Gasteiger partial charge in [0.2, 0.25) is 0 Å². The van der Waals surface area contributed by atoms with Crippen LogP contribution in [0.5, 0.6) is 0 Å². The van der Waals surface area contributed by atoms with Crippen LogP contribution >= 0.6 is 11.3 Å². The number of carbonyl (C=O) groups excluding carboxylic acids is 2. The van der Waals surface area contributed by atoms with Crippen molar-refractivity contribution >= 4 is 23.2 Å². The van der Waals surface area contributed by atoms with E-state index < -0.39 is 11.7 Å². The number of halogens is 2. The Balaban J connectivity index is 1.31. The fourth-order valence-electron chi connectivity index (χ4n) is 3.59. The molecule has 2 heterocycles. The van der Waals surface area contributed by atoms with E-state index in [4.69, 9.17) is 0 Å². The van der Waals surface area contributed by atoms with Crippen molar-refractivity contribution in [1.82, 2.24) is 15.2 Å². The number of amides is 2. The van der Waals surface area contributed by atoms with Gasteiger partial charge in [-0.2, -0.15) is 0 Å². The second kappa shape index (κ2) is 9.34. The fraction of sp³-hybridized carbons (Fsp3) is 0.261. The van der Waals surface area contributed by atoms with Gasteiger partial charge in [-0.15, -0.1) is 11.3 Å². The zero-order chi connectivity index (χ0) is 21.8. The number of carbonyl (C=O) groups is 2. The van der Waals surface area contributed by atoms with E-state index in [1.54, 1.807) is 34.5 Å². The third-order valence-corrected chi connectivity index (χ3v) is 6.16. The van der Waals surface area contributed by atoms with Crippen LogP contribution < -0.4 is 5.32 Å². The SMILES string of the molecule is O=C(NC1CCN(C(=O)c2csc(Cc3ccccc3F)n2)CC1)c1ccccc1F. The number of nitrogens with one attached hydrogen (secondary N) is 1. The van der Waals surface area contributed by atoms with Gasteiger partial charge >= 0.3 is 0 Å². The van der Waals surface area contributed by atoms with E-state index in [1.165, 1.54) is 35.6 Å². The van der Waals surface area contributed by atoms with E-state index in [2.05, 4.69) is 10.3 Å². The van der Waals surface area contributed by atoms with Crippen LogP contribution in [-0.4, -0.2) is 40.8 Å². The first-order valence-electron chi connectivity index (χ1n) is 10.0. The van der Waals surface area contributed by atoms with Crippen molar-refractivity contribution in [1.29, 1.82) is 0 Å². The molecule has 5 nitrogen and oxygen atoms in total. The monoisotopic (exact) mass is 441 g/mol. The van der Waals surface area contributed by atoms with Crippen LogP contribution in [0.1, 0.15) is 44.3 Å². The van der Waals surface area contributed by atoms with E-state index >= 15 is 0 Å². The van der Waals surface area contributed by atoms with Gasteiger partial charge in [-0.05, 0) is 36.6 Å². The standard InChI is InChI=1S/C23H21F2N3O2S/c24-18-7-3-1-5-15(18)13-21-27-20(14-31-21)23(30)28-11-9-16(10-12-28)26-22(29)17-6-2-4-8-19(17)25/h1-8,14,16H,9-13H2,(H,26,29). The lowest BCUT2D eigenvalue weighted by atomic mass is 10.0. The molecule has 160 valence electrons. The Morgan fingerprint density at radius 1 is 1.03 bits per heavy atom. The molecular weight excluding hydrogens is 420 g/mol. The lowest BCUT2D eigenvalue weighted by Crippen LogP contribution is -2.46. The van der Waals surface area contributed by atoms with Crippen molar-refractivity contribution in [2.45, 2.75) is 25.3 Å². The van der Waals surface area contributed by atoms with Gasteiger partial charge < -0.3 is 10.2 Å². The van der Waals surface area contributed by atoms with Crippen molar-refractivity contribution < 1.29 is 18.4 Å². The Labute approximate surface area is 182 Å². The highest BCUT2D eigenvalue weighted by molar-refractivity contribution is 7.09. The van der Waals surface area contributed by atoms with Gasteiger partial charge in [0.15, 0.2) is 0 Å². The van der Waals surface area contributed by atoms with Crippen LogP contribution in [0.25, 0.3) is 0 Å². The van der Waals surface area contributed by atoms with Crippen LogP contribution in [0.4, 0.5) is 8.78 Å². The Morgan fingerprint density at radius 3 is 2.42 bits per heavy atom. The number of likely N-dealkylation sites (tertiary alicyclic amines) is 1. The summed E-state index contributed by atoms with van der Waals surface area (Å²) in [6.45, 7) is 0.947. The minimum absolute atomic E-state index is 0.0193. The zero-order valence-corrected chi connectivity index (χ0v) is 17.5. The molecule has 0 spiro atoms. The first kappa shape index (κ1) is 21.1. The minimum atomic E-state index is -0.553. The molecule has 4 rings (SSSR count). The quantitative estimate of drug-likeness (QED) is 0.650. The van der Waals surface area contributed by atoms with Crippen LogP contribution in [0.2, 0.25) is 0 Å². The lowest BCUT2D eigenvalue weighted by Gasteiger charge is -2.32. The lowest BCUT2D eigenvalue weighted by molar-refractivity contribution is 0.0692. The summed E-state index contributed by atoms with van der Waals surface area (Å²) in [6, 6.07) is 12.3. The van der Waals surface area contributed by atoms with Crippen molar-refractivity contribution in [3.63, 3.8) is 0 Å². The number of hydrogen-bond donors (Lipinski definition) is 1. The van der Waals surface area contributed by atoms with Crippen molar-refractivity contribution in [3.8, 4) is 0 Å². The van der Waals surface area contributed by atoms with Gasteiger partial charge in [-0.3, -0.25) is 9.59 Å². The molecule has 1 aromatic heterocycles. The van der Waals surface area contributed by atoms with Crippen LogP contribution in [0.3, 0.4) is 0 Å². The second-order valence-electron chi connectivity index (χ2n) is 7.41. The fourth-order valence-corrected chi connectivity index (χ4v) is 4.38. The number of benzene rings is 2. The summed E-state index contributed by atoms with van der Waals surface area (Å²) < 4.78 is 27.6. The number of piperidine rings is 1. The molecule has 0 saturated carbocycles. The molecule has 1 fully saturated rings. The summed E-state index contributed by atoms with van der Waals surface area (Å²) in [6.07, 6.45) is 1.51. The molecule has 2 amide bonds. The molecule has 0 radical (unpaired) electrons. The number of nitrogens with zero attached hydrogens (tertiary/aromatic N) is 2. The highest BCUT2D eigenvalue weighted by Crippen LogP contribution is 2.20. The molecule has 0 bridgehead atoms. The average molecular weight is 442 g/mol. The van der Waals surface area contributed by atoms with E-state index in [-0.39, 0.29) is 23.3 Å². The van der Waals surface area contributed by atoms with Crippen LogP contribution in [-0.2, 0) is 6.42 Å². The van der Waals surface area contributed by atoms with E-state index in [0.717, 1.165) is 0 Å². The molecule has 2 aromatic carbocycles. The predicted octanol–water partition coefficient (Wildman–Crippen LogP) is 4.05. The number of thiazole rings is 1. The minimum Gasteiger partial charge on any atom is -0.349 e. The zero-order valence-electron chi connectivity index (χ0n) is 16.7. The maximum absolute atomic E-state index is 13.8. The predicted molar refractivity (Wildman–Crippen MR) is 114 cm³/mol. The summed E-state index contributed by atoms with van der Waals surface area (Å²) in [4.78, 5) is 31.2. The van der Waals surface area contributed by atoms with E-state index in [9.17, 15) is 18.4 Å². The van der Waals surface area contributed by atoms with Crippen molar-refractivity contribution in [3.05, 3.63) is 87.4 Å². The molecule has 1 aliphatic rings. The maximum atomic E-state index is 13.8. The van der Waals surface area contributed by atoms with Gasteiger partial charge in [0.25, 0.3) is 11.8 Å². The number of rotatable bonds is 5. The van der Waals surface area contributed by atoms with Gasteiger partial charge in [0.1, 0.15) is 17.3 Å². The molecule has 0 aliphatic carbocycles. The molecule has 1 N–H and O–H groups in total. The normalized spacial score (nSPS) is 14.5. The Kier molecular flexibility index (Phi) is 6.36. The van der Waals surface area contributed by atoms with Gasteiger partial charge in [-0.1, -0.05) is 30.3 Å². The van der Waals surface area contributed by atoms with E-state index in [0.29, 0.717) is 48.6 Å². The average Bonchev–Trinajstić information content (AvgIpc) is 3.24. The molecule has 1 aliphatic heterocycles. The van der Waals surface area contributed by atoms with Crippen LogP contribution in [0, 0.1) is 11.6 Å². The third kappa shape index (κ3) is 4.96. The molecule has 0 atom stereocenters. The number of aromatic nitrogens is 1. The van der Waals surface area contributed by atoms with Gasteiger partial charge in [0, 0.05) is 30.9 Å². The summed E-state index contributed by atoms with van der Waals surface area (Å²) in [5, 5.41) is 5.23. The van der Waals surface area contributed by atoms with Crippen molar-refractivity contribution in [2.75, 3.05) is 13.1 Å². The maximum Gasteiger partial charge on any atom is 0.273 e. The first-order valence-corrected chi connectivity index (χ1v) is 10.9. The van der Waals surface area contributed by atoms with Crippen molar-refractivity contribution in [2.24, 2.45) is 0 Å². The molecule has 31 heavy (non-hydrogen) atoms. The number of hydrogen-bond acceptors (Lipinski definition) is 4. The Hall–Kier alpha value is -3.13. The summed E-state index contributed by atoms with van der Waals surface area (Å²) >= 11 is 1.34. The highest BCUT2D eigenvalue weighted by Gasteiger charge is 2.26. The molecular formula is C23H21F2N3O2S. The highest BCUT2D eigenvalue weighted by atomic mass is 32.1. The largest absolute Gasteiger partial charge is 0.349 e. The van der Waals surface area contributed by atoms with Gasteiger partial charge in [-0.25, -0.2) is 13.8 Å². The molecule has 3 aromatic rings. The molecule has 0 unspecified atom stereocenters. The van der Waals surface area contributed by atoms with Crippen LogP contribution in [0.15, 0.2) is 53.9 Å². The third-order valence-electron chi connectivity index (χ3n) is 5.31.